The van der Waals surface area contributed by atoms with Crippen molar-refractivity contribution in [3.63, 3.8) is 0 Å². The summed E-state index contributed by atoms with van der Waals surface area (Å²) in [4.78, 5) is 14.8. The van der Waals surface area contributed by atoms with Crippen molar-refractivity contribution in [1.82, 2.24) is 4.90 Å². The van der Waals surface area contributed by atoms with Crippen LogP contribution in [0.25, 0.3) is 0 Å². The van der Waals surface area contributed by atoms with E-state index < -0.39 is 0 Å². The molecule has 2 aromatic carbocycles. The lowest BCUT2D eigenvalue weighted by molar-refractivity contribution is -0.148. The molecule has 1 aliphatic heterocycles. The lowest BCUT2D eigenvalue weighted by Crippen LogP contribution is -2.25. The van der Waals surface area contributed by atoms with Gasteiger partial charge in [-0.05, 0) is 30.2 Å². The average molecular weight is 388 g/mol. The Kier molecular flexibility index (Phi) is 5.69. The summed E-state index contributed by atoms with van der Waals surface area (Å²) in [5, 5.41) is 0. The Morgan fingerprint density at radius 1 is 1.12 bits per heavy atom. The Morgan fingerprint density at radius 2 is 1.83 bits per heavy atom. The number of rotatable bonds is 5. The van der Waals surface area contributed by atoms with Gasteiger partial charge in [0.25, 0.3) is 0 Å². The van der Waals surface area contributed by atoms with Crippen LogP contribution in [0.4, 0.5) is 0 Å². The minimum Gasteiger partial charge on any atom is -0.466 e. The van der Waals surface area contributed by atoms with Gasteiger partial charge in [0.1, 0.15) is 0 Å². The van der Waals surface area contributed by atoms with Gasteiger partial charge in [0.15, 0.2) is 0 Å². The molecule has 2 aromatic rings. The van der Waals surface area contributed by atoms with Gasteiger partial charge in [-0.2, -0.15) is 0 Å². The number of carbonyl (C=O) groups excluding carboxylic acids is 1. The molecule has 126 valence electrons. The monoisotopic (exact) mass is 387 g/mol. The van der Waals surface area contributed by atoms with Crippen LogP contribution in [0.15, 0.2) is 59.1 Å². The Bertz CT molecular complexity index is 672. The first-order valence-corrected chi connectivity index (χ1v) is 9.15. The smallest absolute Gasteiger partial charge is 0.310 e. The molecule has 1 fully saturated rings. The van der Waals surface area contributed by atoms with E-state index in [9.17, 15) is 4.79 Å². The third-order valence-electron chi connectivity index (χ3n) is 4.53. The maximum absolute atomic E-state index is 12.4. The van der Waals surface area contributed by atoms with Gasteiger partial charge < -0.3 is 4.74 Å². The Morgan fingerprint density at radius 3 is 2.50 bits per heavy atom. The summed E-state index contributed by atoms with van der Waals surface area (Å²) >= 11 is 3.48. The van der Waals surface area contributed by atoms with Crippen LogP contribution in [0.2, 0.25) is 0 Å². The zero-order valence-corrected chi connectivity index (χ0v) is 15.4. The maximum Gasteiger partial charge on any atom is 0.310 e. The van der Waals surface area contributed by atoms with Crippen LogP contribution in [-0.4, -0.2) is 30.6 Å². The molecule has 0 radical (unpaired) electrons. The van der Waals surface area contributed by atoms with Crippen LogP contribution >= 0.6 is 15.9 Å². The van der Waals surface area contributed by atoms with Crippen molar-refractivity contribution in [2.45, 2.75) is 19.4 Å². The number of carbonyl (C=O) groups is 1. The highest BCUT2D eigenvalue weighted by molar-refractivity contribution is 9.10. The maximum atomic E-state index is 12.4. The van der Waals surface area contributed by atoms with Gasteiger partial charge in [-0.25, -0.2) is 0 Å². The average Bonchev–Trinajstić information content (AvgIpc) is 3.00. The van der Waals surface area contributed by atoms with Gasteiger partial charge in [0.05, 0.1) is 12.5 Å². The molecule has 0 N–H and O–H groups in total. The van der Waals surface area contributed by atoms with Crippen LogP contribution < -0.4 is 0 Å². The van der Waals surface area contributed by atoms with Crippen molar-refractivity contribution in [2.24, 2.45) is 5.92 Å². The quantitative estimate of drug-likeness (QED) is 0.718. The molecule has 0 unspecified atom stereocenters. The molecular formula is C20H22BrNO2. The lowest BCUT2D eigenvalue weighted by Gasteiger charge is -2.17. The number of hydrogen-bond donors (Lipinski definition) is 0. The molecule has 3 nitrogen and oxygen atoms in total. The number of halogens is 1. The third-order valence-corrected chi connectivity index (χ3v) is 5.06. The molecule has 1 aliphatic rings. The summed E-state index contributed by atoms with van der Waals surface area (Å²) in [6.07, 6.45) is 0. The Balaban J connectivity index is 1.78. The topological polar surface area (TPSA) is 29.5 Å². The van der Waals surface area contributed by atoms with Crippen molar-refractivity contribution in [2.75, 3.05) is 19.7 Å². The van der Waals surface area contributed by atoms with Gasteiger partial charge in [0, 0.05) is 30.0 Å². The minimum atomic E-state index is -0.102. The lowest BCUT2D eigenvalue weighted by atomic mass is 9.89. The van der Waals surface area contributed by atoms with Gasteiger partial charge in [-0.15, -0.1) is 0 Å². The first kappa shape index (κ1) is 17.2. The molecule has 1 heterocycles. The zero-order valence-electron chi connectivity index (χ0n) is 13.8. The van der Waals surface area contributed by atoms with Gasteiger partial charge in [-0.1, -0.05) is 58.4 Å². The largest absolute Gasteiger partial charge is 0.466 e. The predicted octanol–water partition coefficient (Wildman–Crippen LogP) is 4.23. The van der Waals surface area contributed by atoms with Crippen LogP contribution in [-0.2, 0) is 16.1 Å². The third kappa shape index (κ3) is 4.05. The van der Waals surface area contributed by atoms with E-state index in [1.54, 1.807) is 0 Å². The molecule has 0 amide bonds. The first-order chi connectivity index (χ1) is 11.7. The zero-order chi connectivity index (χ0) is 16.9. The number of nitrogens with zero attached hydrogens (tertiary/aromatic N) is 1. The number of esters is 1. The number of hydrogen-bond acceptors (Lipinski definition) is 3. The van der Waals surface area contributed by atoms with E-state index in [2.05, 4.69) is 57.2 Å². The van der Waals surface area contributed by atoms with E-state index >= 15 is 0 Å². The van der Waals surface area contributed by atoms with Crippen molar-refractivity contribution in [3.05, 3.63) is 70.2 Å². The fraction of sp³-hybridized carbons (Fsp3) is 0.350. The fourth-order valence-electron chi connectivity index (χ4n) is 3.39. The van der Waals surface area contributed by atoms with Crippen molar-refractivity contribution >= 4 is 21.9 Å². The van der Waals surface area contributed by atoms with E-state index in [1.807, 2.05) is 25.1 Å². The van der Waals surface area contributed by atoms with E-state index in [0.29, 0.717) is 6.61 Å². The molecule has 1 saturated heterocycles. The number of benzene rings is 2. The minimum absolute atomic E-state index is 0.0824. The number of likely N-dealkylation sites (tertiary alicyclic amines) is 1. The van der Waals surface area contributed by atoms with E-state index in [4.69, 9.17) is 4.74 Å². The molecule has 24 heavy (non-hydrogen) atoms. The van der Waals surface area contributed by atoms with Gasteiger partial charge in [-0.3, -0.25) is 9.69 Å². The van der Waals surface area contributed by atoms with Crippen molar-refractivity contribution in [1.29, 1.82) is 0 Å². The van der Waals surface area contributed by atoms with Crippen LogP contribution in [0.1, 0.15) is 24.0 Å². The second-order valence-electron chi connectivity index (χ2n) is 6.20. The molecule has 2 atom stereocenters. The summed E-state index contributed by atoms with van der Waals surface area (Å²) in [5.74, 6) is -0.00307. The highest BCUT2D eigenvalue weighted by atomic mass is 79.9. The van der Waals surface area contributed by atoms with Gasteiger partial charge >= 0.3 is 5.97 Å². The molecule has 3 rings (SSSR count). The molecule has 0 saturated carbocycles. The number of ether oxygens (including phenoxy) is 1. The highest BCUT2D eigenvalue weighted by Crippen LogP contribution is 2.34. The van der Waals surface area contributed by atoms with E-state index in [1.165, 1.54) is 11.1 Å². The SMILES string of the molecule is CCOC(=O)[C@H]1CN(Cc2ccccc2)C[C@H]1c1ccc(Br)cc1. The second-order valence-corrected chi connectivity index (χ2v) is 7.11. The fourth-order valence-corrected chi connectivity index (χ4v) is 3.66. The molecule has 0 bridgehead atoms. The second kappa shape index (κ2) is 7.95. The van der Waals surface area contributed by atoms with Crippen LogP contribution in [0.5, 0.6) is 0 Å². The normalized spacial score (nSPS) is 20.9. The molecule has 4 heteroatoms. The van der Waals surface area contributed by atoms with E-state index in [0.717, 1.165) is 24.1 Å². The summed E-state index contributed by atoms with van der Waals surface area (Å²) in [6.45, 7) is 4.78. The van der Waals surface area contributed by atoms with Crippen LogP contribution in [0.3, 0.4) is 0 Å². The summed E-state index contributed by atoms with van der Waals surface area (Å²) in [7, 11) is 0. The summed E-state index contributed by atoms with van der Waals surface area (Å²) in [6, 6.07) is 18.7. The summed E-state index contributed by atoms with van der Waals surface area (Å²) < 4.78 is 6.38. The van der Waals surface area contributed by atoms with Crippen molar-refractivity contribution < 1.29 is 9.53 Å². The Labute approximate surface area is 151 Å². The van der Waals surface area contributed by atoms with Gasteiger partial charge in [0.2, 0.25) is 0 Å². The standard InChI is InChI=1S/C20H22BrNO2/c1-2-24-20(23)19-14-22(12-15-6-4-3-5-7-15)13-18(19)16-8-10-17(21)11-9-16/h3-11,18-19H,2,12-14H2,1H3/t18-,19-/m0/s1. The van der Waals surface area contributed by atoms with Crippen molar-refractivity contribution in [3.8, 4) is 0 Å². The molecule has 0 spiro atoms. The first-order valence-electron chi connectivity index (χ1n) is 8.35. The predicted molar refractivity (Wildman–Crippen MR) is 98.7 cm³/mol. The summed E-state index contributed by atoms with van der Waals surface area (Å²) in [5.41, 5.74) is 2.48. The highest BCUT2D eigenvalue weighted by Gasteiger charge is 2.39. The van der Waals surface area contributed by atoms with E-state index in [-0.39, 0.29) is 17.8 Å². The molecule has 0 aromatic heterocycles. The Hall–Kier alpha value is -1.65. The molecular weight excluding hydrogens is 366 g/mol. The van der Waals surface area contributed by atoms with Crippen LogP contribution in [0, 0.1) is 5.92 Å². The molecule has 0 aliphatic carbocycles.